The van der Waals surface area contributed by atoms with Crippen molar-refractivity contribution in [2.24, 2.45) is 0 Å². The van der Waals surface area contributed by atoms with Gasteiger partial charge in [-0.2, -0.15) is 0 Å². The molecule has 8 heavy (non-hydrogen) atoms. The van der Waals surface area contributed by atoms with Crippen LogP contribution in [0.25, 0.3) is 0 Å². The molecule has 4 heteroatoms. The minimum Gasteiger partial charge on any atom is -0.374 e. The van der Waals surface area contributed by atoms with Gasteiger partial charge in [-0.25, -0.2) is 0 Å². The Hall–Kier alpha value is 0.227. The Labute approximate surface area is 68.2 Å². The fourth-order valence-corrected chi connectivity index (χ4v) is 0. The molecule has 0 atom stereocenters. The first-order valence-electron chi connectivity index (χ1n) is 1.68. The van der Waals surface area contributed by atoms with Crippen molar-refractivity contribution < 1.29 is 23.7 Å². The maximum Gasteiger partial charge on any atom is 1.00 e. The Balaban J connectivity index is -0.000000125. The summed E-state index contributed by atoms with van der Waals surface area (Å²) in [7, 11) is 3.32. The van der Waals surface area contributed by atoms with Crippen molar-refractivity contribution in [1.82, 2.24) is 4.90 Å². The molecule has 0 saturated heterocycles. The third kappa shape index (κ3) is 9.52. The van der Waals surface area contributed by atoms with Crippen LogP contribution in [0, 0.1) is 6.92 Å². The van der Waals surface area contributed by atoms with E-state index in [1.165, 1.54) is 4.90 Å². The van der Waals surface area contributed by atoms with E-state index in [4.69, 9.17) is 0 Å². The summed E-state index contributed by atoms with van der Waals surface area (Å²) in [5, 5.41) is 0. The van der Waals surface area contributed by atoms with E-state index < -0.39 is 0 Å². The molecule has 0 aliphatic carbocycles. The first-order chi connectivity index (χ1) is 2.64. The van der Waals surface area contributed by atoms with E-state index in [1.54, 1.807) is 14.1 Å². The number of hydrogen-bond acceptors (Lipinski definition) is 1. The molecule has 0 radical (unpaired) electrons. The van der Waals surface area contributed by atoms with Gasteiger partial charge in [0.1, 0.15) is 0 Å². The van der Waals surface area contributed by atoms with Gasteiger partial charge in [0.15, 0.2) is 0 Å². The molecule has 0 N–H and O–H groups in total. The first-order valence-corrected chi connectivity index (χ1v) is 1.68. The smallest absolute Gasteiger partial charge is 0.374 e. The van der Waals surface area contributed by atoms with Crippen molar-refractivity contribution >= 4 is 18.3 Å². The van der Waals surface area contributed by atoms with Gasteiger partial charge in [0.2, 0.25) is 0 Å². The van der Waals surface area contributed by atoms with Crippen LogP contribution in [0.5, 0.6) is 0 Å². The topological polar surface area (TPSA) is 20.3 Å². The van der Waals surface area contributed by atoms with Gasteiger partial charge < -0.3 is 16.6 Å². The molecule has 0 aliphatic heterocycles. The van der Waals surface area contributed by atoms with Gasteiger partial charge in [-0.1, -0.05) is 0 Å². The monoisotopic (exact) mass is 129 g/mol. The molecular weight excluding hydrogens is 120 g/mol. The molecule has 0 spiro atoms. The number of halogens is 1. The maximum absolute atomic E-state index is 9.96. The van der Waals surface area contributed by atoms with E-state index in [1.807, 2.05) is 0 Å². The van der Waals surface area contributed by atoms with Crippen LogP contribution in [0.2, 0.25) is 0 Å². The summed E-state index contributed by atoms with van der Waals surface area (Å²) in [4.78, 5) is 11.4. The maximum atomic E-state index is 9.96. The van der Waals surface area contributed by atoms with Crippen molar-refractivity contribution in [3.63, 3.8) is 0 Å². The van der Waals surface area contributed by atoms with Crippen molar-refractivity contribution in [3.05, 3.63) is 6.92 Å². The van der Waals surface area contributed by atoms with Crippen molar-refractivity contribution in [2.75, 3.05) is 14.1 Å². The molecule has 2 nitrogen and oxygen atoms in total. The summed E-state index contributed by atoms with van der Waals surface area (Å²) in [6.07, 6.45) is 0. The summed E-state index contributed by atoms with van der Waals surface area (Å²) in [6.45, 7) is 3.12. The van der Waals surface area contributed by atoms with Crippen LogP contribution >= 0.6 is 12.4 Å². The Morgan fingerprint density at radius 1 is 1.50 bits per heavy atom. The van der Waals surface area contributed by atoms with Gasteiger partial charge in [-0.15, -0.1) is 12.4 Å². The van der Waals surface area contributed by atoms with Gasteiger partial charge in [-0.3, -0.25) is 0 Å². The normalized spacial score (nSPS) is 5.75. The third-order valence-electron chi connectivity index (χ3n) is 0.499. The molecular formula is C4H9ClLiNO. The van der Waals surface area contributed by atoms with Crippen LogP contribution in [0.15, 0.2) is 0 Å². The summed E-state index contributed by atoms with van der Waals surface area (Å²) in [6, 6.07) is 0. The number of carbonyl (C=O) groups excluding carboxylic acids is 1. The van der Waals surface area contributed by atoms with Crippen LogP contribution in [0.1, 0.15) is 0 Å². The average molecular weight is 130 g/mol. The number of rotatable bonds is 0. The Morgan fingerprint density at radius 2 is 1.62 bits per heavy atom. The second kappa shape index (κ2) is 7.23. The second-order valence-corrected chi connectivity index (χ2v) is 1.29. The van der Waals surface area contributed by atoms with E-state index in [9.17, 15) is 4.79 Å². The summed E-state index contributed by atoms with van der Waals surface area (Å²) in [5.41, 5.74) is 0. The van der Waals surface area contributed by atoms with E-state index in [0.717, 1.165) is 0 Å². The number of carbonyl (C=O) groups is 1. The molecule has 0 saturated carbocycles. The number of amides is 1. The fraction of sp³-hybridized carbons (Fsp3) is 0.500. The Kier molecular flexibility index (Phi) is 14.2. The summed E-state index contributed by atoms with van der Waals surface area (Å²) < 4.78 is 0. The molecule has 0 fully saturated rings. The van der Waals surface area contributed by atoms with Gasteiger partial charge in [0, 0.05) is 14.1 Å². The zero-order valence-electron chi connectivity index (χ0n) is 5.47. The largest absolute Gasteiger partial charge is 1.00 e. The Bertz CT molecular complexity index is 67.1. The zero-order valence-corrected chi connectivity index (χ0v) is 6.29. The van der Waals surface area contributed by atoms with E-state index >= 15 is 0 Å². The predicted molar refractivity (Wildman–Crippen MR) is 31.3 cm³/mol. The van der Waals surface area contributed by atoms with Crippen LogP contribution in [0.3, 0.4) is 0 Å². The minimum absolute atomic E-state index is 0. The van der Waals surface area contributed by atoms with E-state index in [-0.39, 0.29) is 37.2 Å². The number of nitrogens with zero attached hydrogens (tertiary/aromatic N) is 1. The zero-order chi connectivity index (χ0) is 5.15. The quantitative estimate of drug-likeness (QED) is 0.258. The van der Waals surface area contributed by atoms with Crippen LogP contribution in [0.4, 0.5) is 0 Å². The molecule has 0 aromatic heterocycles. The average Bonchev–Trinajstić information content (AvgIpc) is 1.36. The van der Waals surface area contributed by atoms with Crippen molar-refractivity contribution in [1.29, 1.82) is 0 Å². The summed E-state index contributed by atoms with van der Waals surface area (Å²) >= 11 is 0. The Morgan fingerprint density at radius 3 is 1.62 bits per heavy atom. The molecule has 0 unspecified atom stereocenters. The summed E-state index contributed by atoms with van der Waals surface area (Å²) in [5.74, 6) is -0.157. The molecule has 0 aromatic carbocycles. The van der Waals surface area contributed by atoms with Crippen molar-refractivity contribution in [3.8, 4) is 0 Å². The van der Waals surface area contributed by atoms with Gasteiger partial charge in [-0.05, 0) is 0 Å². The van der Waals surface area contributed by atoms with E-state index in [2.05, 4.69) is 6.92 Å². The molecule has 1 amide bonds. The minimum atomic E-state index is -0.157. The van der Waals surface area contributed by atoms with Gasteiger partial charge in [0.25, 0.3) is 0 Å². The number of hydrogen-bond donors (Lipinski definition) is 0. The molecule has 0 aromatic rings. The predicted octanol–water partition coefficient (Wildman–Crippen LogP) is -2.67. The van der Waals surface area contributed by atoms with Crippen LogP contribution in [-0.2, 0) is 4.79 Å². The molecule has 44 valence electrons. The van der Waals surface area contributed by atoms with Crippen molar-refractivity contribution in [2.45, 2.75) is 0 Å². The SMILES string of the molecule is Cl.[CH2-]C(=O)N(C)C.[Li+]. The molecule has 0 heterocycles. The van der Waals surface area contributed by atoms with Gasteiger partial charge in [0.05, 0.1) is 5.91 Å². The standard InChI is InChI=1S/C4H8NO.ClH.Li/c1-4(6)5(2)3;;/h1H2,2-3H3;1H;/q-1;;+1. The van der Waals surface area contributed by atoms with Crippen LogP contribution < -0.4 is 18.9 Å². The van der Waals surface area contributed by atoms with Crippen LogP contribution in [-0.4, -0.2) is 24.9 Å². The molecule has 0 bridgehead atoms. The first kappa shape index (κ1) is 15.7. The molecule has 0 rings (SSSR count). The van der Waals surface area contributed by atoms with Gasteiger partial charge >= 0.3 is 18.9 Å². The third-order valence-corrected chi connectivity index (χ3v) is 0.499. The van der Waals surface area contributed by atoms with E-state index in [0.29, 0.717) is 0 Å². The molecule has 0 aliphatic rings. The fourth-order valence-electron chi connectivity index (χ4n) is 0. The second-order valence-electron chi connectivity index (χ2n) is 1.29.